The summed E-state index contributed by atoms with van der Waals surface area (Å²) >= 11 is 2.50. The van der Waals surface area contributed by atoms with Crippen molar-refractivity contribution >= 4 is 54.8 Å². The second-order valence-corrected chi connectivity index (χ2v) is 12.2. The van der Waals surface area contributed by atoms with Gasteiger partial charge >= 0.3 is 5.97 Å². The molecule has 1 atom stereocenters. The summed E-state index contributed by atoms with van der Waals surface area (Å²) in [6, 6.07) is 7.27. The lowest BCUT2D eigenvalue weighted by atomic mass is 9.99. The molecule has 2 aromatic heterocycles. The number of aromatic nitrogens is 1. The number of piperidine rings is 1. The van der Waals surface area contributed by atoms with Gasteiger partial charge in [-0.3, -0.25) is 9.59 Å². The summed E-state index contributed by atoms with van der Waals surface area (Å²) < 4.78 is 34.9. The maximum Gasteiger partial charge on any atom is 0.325 e. The van der Waals surface area contributed by atoms with Gasteiger partial charge < -0.3 is 9.30 Å². The van der Waals surface area contributed by atoms with Crippen LogP contribution in [0.1, 0.15) is 24.0 Å². The molecule has 0 saturated carbocycles. The van der Waals surface area contributed by atoms with Crippen molar-refractivity contribution in [2.45, 2.75) is 37.4 Å². The summed E-state index contributed by atoms with van der Waals surface area (Å²) in [5.74, 6) is -1.35. The molecule has 1 unspecified atom stereocenters. The molecule has 1 fully saturated rings. The standard InChI is InChI=1S/C22H25N3O5S3/c1-14-10-17-18(11-15(14)2)32-22(25(17)13-19(26)30-3)23-21(27)16-6-4-8-24(12-16)33(28,29)20-7-5-9-31-20/h5,7,9-11,16H,4,6,8,12-13H2,1-3H3. The van der Waals surface area contributed by atoms with E-state index in [2.05, 4.69) is 4.99 Å². The molecule has 0 aliphatic carbocycles. The second kappa shape index (κ2) is 9.49. The van der Waals surface area contributed by atoms with E-state index in [4.69, 9.17) is 4.74 Å². The number of thiophene rings is 1. The maximum atomic E-state index is 13.1. The number of benzene rings is 1. The lowest BCUT2D eigenvalue weighted by molar-refractivity contribution is -0.141. The van der Waals surface area contributed by atoms with Crippen molar-refractivity contribution in [3.63, 3.8) is 0 Å². The minimum atomic E-state index is -3.62. The number of thiazole rings is 1. The molecule has 1 aromatic carbocycles. The zero-order valence-electron chi connectivity index (χ0n) is 18.6. The number of fused-ring (bicyclic) bond motifs is 1. The van der Waals surface area contributed by atoms with Crippen molar-refractivity contribution in [1.82, 2.24) is 8.87 Å². The van der Waals surface area contributed by atoms with Crippen LogP contribution in [0.5, 0.6) is 0 Å². The highest BCUT2D eigenvalue weighted by Crippen LogP contribution is 2.27. The fourth-order valence-electron chi connectivity index (χ4n) is 3.84. The molecule has 4 rings (SSSR count). The number of nitrogens with zero attached hydrogens (tertiary/aromatic N) is 3. The lowest BCUT2D eigenvalue weighted by Crippen LogP contribution is -2.42. The molecule has 176 valence electrons. The fourth-order valence-corrected chi connectivity index (χ4v) is 7.62. The van der Waals surface area contributed by atoms with Crippen LogP contribution >= 0.6 is 22.7 Å². The number of carbonyl (C=O) groups is 2. The van der Waals surface area contributed by atoms with Crippen LogP contribution in [0.2, 0.25) is 0 Å². The van der Waals surface area contributed by atoms with Crippen LogP contribution in [0, 0.1) is 19.8 Å². The van der Waals surface area contributed by atoms with E-state index in [1.54, 1.807) is 22.1 Å². The molecule has 0 radical (unpaired) electrons. The van der Waals surface area contributed by atoms with Gasteiger partial charge in [0.15, 0.2) is 4.80 Å². The molecule has 8 nitrogen and oxygen atoms in total. The van der Waals surface area contributed by atoms with Crippen LogP contribution in [-0.4, -0.2) is 49.4 Å². The summed E-state index contributed by atoms with van der Waals surface area (Å²) in [4.78, 5) is 29.9. The van der Waals surface area contributed by atoms with Gasteiger partial charge in [-0.1, -0.05) is 17.4 Å². The summed E-state index contributed by atoms with van der Waals surface area (Å²) in [5.41, 5.74) is 2.98. The fraction of sp³-hybridized carbons (Fsp3) is 0.409. The first-order chi connectivity index (χ1) is 15.7. The Kier molecular flexibility index (Phi) is 6.85. The normalized spacial score (nSPS) is 18.0. The van der Waals surface area contributed by atoms with Crippen LogP contribution < -0.4 is 4.80 Å². The first-order valence-corrected chi connectivity index (χ1v) is 13.6. The van der Waals surface area contributed by atoms with E-state index in [0.717, 1.165) is 21.3 Å². The summed E-state index contributed by atoms with van der Waals surface area (Å²) in [6.07, 6.45) is 1.16. The van der Waals surface area contributed by atoms with E-state index in [1.165, 1.54) is 34.1 Å². The van der Waals surface area contributed by atoms with Gasteiger partial charge in [0.1, 0.15) is 10.8 Å². The molecular weight excluding hydrogens is 482 g/mol. The van der Waals surface area contributed by atoms with E-state index in [0.29, 0.717) is 24.2 Å². The molecule has 1 saturated heterocycles. The monoisotopic (exact) mass is 507 g/mol. The molecule has 33 heavy (non-hydrogen) atoms. The second-order valence-electron chi connectivity index (χ2n) is 8.04. The third kappa shape index (κ3) is 4.81. The third-order valence-corrected chi connectivity index (χ3v) is 10.1. The number of esters is 1. The van der Waals surface area contributed by atoms with Crippen LogP contribution in [0.3, 0.4) is 0 Å². The van der Waals surface area contributed by atoms with Gasteiger partial charge in [-0.25, -0.2) is 8.42 Å². The van der Waals surface area contributed by atoms with Crippen LogP contribution in [0.15, 0.2) is 38.8 Å². The SMILES string of the molecule is COC(=O)Cn1c(=NC(=O)C2CCCN(S(=O)(=O)c3cccs3)C2)sc2cc(C)c(C)cc21. The Bertz CT molecular complexity index is 1370. The first-order valence-electron chi connectivity index (χ1n) is 10.5. The highest BCUT2D eigenvalue weighted by molar-refractivity contribution is 7.91. The molecule has 11 heteroatoms. The Morgan fingerprint density at radius 2 is 2.00 bits per heavy atom. The molecule has 3 aromatic rings. The number of hydrogen-bond acceptors (Lipinski definition) is 7. The van der Waals surface area contributed by atoms with Crippen LogP contribution in [0.25, 0.3) is 10.2 Å². The molecule has 0 N–H and O–H groups in total. The van der Waals surface area contributed by atoms with Gasteiger partial charge in [-0.15, -0.1) is 11.3 Å². The van der Waals surface area contributed by atoms with E-state index < -0.39 is 21.9 Å². The first kappa shape index (κ1) is 23.8. The number of ether oxygens (including phenoxy) is 1. The highest BCUT2D eigenvalue weighted by Gasteiger charge is 2.33. The molecule has 0 spiro atoms. The minimum absolute atomic E-state index is 0.0609. The van der Waals surface area contributed by atoms with E-state index in [9.17, 15) is 18.0 Å². The topological polar surface area (TPSA) is 98.0 Å². The largest absolute Gasteiger partial charge is 0.468 e. The van der Waals surface area contributed by atoms with Gasteiger partial charge in [0.2, 0.25) is 0 Å². The number of carbonyl (C=O) groups excluding carboxylic acids is 2. The molecular formula is C22H25N3O5S3. The molecule has 1 aliphatic heterocycles. The molecule has 0 bridgehead atoms. The van der Waals surface area contributed by atoms with Crippen molar-refractivity contribution in [2.24, 2.45) is 10.9 Å². The molecule has 1 aliphatic rings. The van der Waals surface area contributed by atoms with E-state index in [-0.39, 0.29) is 23.2 Å². The predicted octanol–water partition coefficient (Wildman–Crippen LogP) is 3.08. The van der Waals surface area contributed by atoms with Gasteiger partial charge in [-0.05, 0) is 61.4 Å². The summed E-state index contributed by atoms with van der Waals surface area (Å²) in [6.45, 7) is 4.42. The number of sulfonamides is 1. The van der Waals surface area contributed by atoms with Gasteiger partial charge in [0.25, 0.3) is 15.9 Å². The molecule has 1 amide bonds. The average molecular weight is 508 g/mol. The Hall–Kier alpha value is -2.34. The minimum Gasteiger partial charge on any atom is -0.468 e. The van der Waals surface area contributed by atoms with Crippen molar-refractivity contribution in [3.05, 3.63) is 45.6 Å². The zero-order chi connectivity index (χ0) is 23.8. The number of amides is 1. The Morgan fingerprint density at radius 3 is 2.70 bits per heavy atom. The third-order valence-electron chi connectivity index (χ3n) is 5.84. The van der Waals surface area contributed by atoms with Crippen molar-refractivity contribution in [1.29, 1.82) is 0 Å². The Labute approximate surface area is 200 Å². The van der Waals surface area contributed by atoms with Crippen LogP contribution in [0.4, 0.5) is 0 Å². The van der Waals surface area contributed by atoms with E-state index >= 15 is 0 Å². The van der Waals surface area contributed by atoms with Crippen molar-refractivity contribution in [3.8, 4) is 0 Å². The quantitative estimate of drug-likeness (QED) is 0.495. The maximum absolute atomic E-state index is 13.1. The molecule has 3 heterocycles. The number of aryl methyl sites for hydroxylation is 2. The van der Waals surface area contributed by atoms with Crippen molar-refractivity contribution < 1.29 is 22.7 Å². The smallest absolute Gasteiger partial charge is 0.325 e. The number of methoxy groups -OCH3 is 1. The van der Waals surface area contributed by atoms with Crippen molar-refractivity contribution in [2.75, 3.05) is 20.2 Å². The van der Waals surface area contributed by atoms with E-state index in [1.807, 2.05) is 26.0 Å². The average Bonchev–Trinajstić information content (AvgIpc) is 3.44. The summed E-state index contributed by atoms with van der Waals surface area (Å²) in [5, 5.41) is 1.72. The predicted molar refractivity (Wildman–Crippen MR) is 128 cm³/mol. The Balaban J connectivity index is 1.68. The van der Waals surface area contributed by atoms with Gasteiger partial charge in [0, 0.05) is 13.1 Å². The highest BCUT2D eigenvalue weighted by atomic mass is 32.2. The number of rotatable bonds is 5. The lowest BCUT2D eigenvalue weighted by Gasteiger charge is -2.29. The van der Waals surface area contributed by atoms with Gasteiger partial charge in [0.05, 0.1) is 23.2 Å². The van der Waals surface area contributed by atoms with Crippen LogP contribution in [-0.2, 0) is 30.9 Å². The summed E-state index contributed by atoms with van der Waals surface area (Å²) in [7, 11) is -2.30. The van der Waals surface area contributed by atoms with Gasteiger partial charge in [-0.2, -0.15) is 9.30 Å². The number of hydrogen-bond donors (Lipinski definition) is 0. The Morgan fingerprint density at radius 1 is 1.24 bits per heavy atom. The zero-order valence-corrected chi connectivity index (χ0v) is 21.1.